The normalized spacial score (nSPS) is 15.6. The van der Waals surface area contributed by atoms with E-state index in [0.29, 0.717) is 19.0 Å². The molecule has 6 nitrogen and oxygen atoms in total. The number of piperidine rings is 1. The molecule has 3 heterocycles. The van der Waals surface area contributed by atoms with Gasteiger partial charge in [-0.1, -0.05) is 0 Å². The molecule has 0 spiro atoms. The van der Waals surface area contributed by atoms with Gasteiger partial charge in [0.25, 0.3) is 5.91 Å². The van der Waals surface area contributed by atoms with Crippen LogP contribution in [-0.2, 0) is 0 Å². The first-order valence-electron chi connectivity index (χ1n) is 8.26. The number of fused-ring (bicyclic) bond motifs is 1. The van der Waals surface area contributed by atoms with Gasteiger partial charge in [-0.15, -0.1) is 0 Å². The van der Waals surface area contributed by atoms with E-state index >= 15 is 0 Å². The molecule has 3 aromatic rings. The molecule has 0 saturated carbocycles. The molecule has 25 heavy (non-hydrogen) atoms. The molecule has 0 atom stereocenters. The number of H-pyrrole nitrogens is 1. The number of nitrogens with two attached hydrogens (primary N) is 1. The monoisotopic (exact) mass is 339 g/mol. The molecular formula is C18H18FN5O. The van der Waals surface area contributed by atoms with E-state index in [0.717, 1.165) is 23.7 Å². The van der Waals surface area contributed by atoms with Crippen LogP contribution in [0.5, 0.6) is 0 Å². The van der Waals surface area contributed by atoms with Crippen LogP contribution in [0.15, 0.2) is 36.8 Å². The lowest BCUT2D eigenvalue weighted by Crippen LogP contribution is -2.38. The fourth-order valence-electron chi connectivity index (χ4n) is 3.52. The van der Waals surface area contributed by atoms with E-state index in [-0.39, 0.29) is 23.2 Å². The molecule has 4 rings (SSSR count). The van der Waals surface area contributed by atoms with Gasteiger partial charge >= 0.3 is 0 Å². The van der Waals surface area contributed by atoms with Crippen molar-refractivity contribution in [3.63, 3.8) is 0 Å². The largest absolute Gasteiger partial charge is 0.382 e. The Balaban J connectivity index is 1.49. The first kappa shape index (κ1) is 15.6. The van der Waals surface area contributed by atoms with Gasteiger partial charge < -0.3 is 15.6 Å². The number of likely N-dealkylation sites (tertiary alicyclic amines) is 1. The molecule has 3 N–H and O–H groups in total. The number of halogens is 1. The third-order valence-electron chi connectivity index (χ3n) is 4.83. The van der Waals surface area contributed by atoms with Crippen molar-refractivity contribution in [2.24, 2.45) is 0 Å². The van der Waals surface area contributed by atoms with E-state index in [2.05, 4.69) is 15.0 Å². The first-order valence-corrected chi connectivity index (χ1v) is 8.26. The molecule has 7 heteroatoms. The maximum absolute atomic E-state index is 13.3. The van der Waals surface area contributed by atoms with Crippen LogP contribution in [0.25, 0.3) is 10.9 Å². The summed E-state index contributed by atoms with van der Waals surface area (Å²) in [6, 6.07) is 4.80. The second-order valence-electron chi connectivity index (χ2n) is 6.29. The molecule has 2 aromatic heterocycles. The highest BCUT2D eigenvalue weighted by molar-refractivity contribution is 5.96. The number of aromatic amines is 1. The van der Waals surface area contributed by atoms with E-state index in [1.165, 1.54) is 30.1 Å². The summed E-state index contributed by atoms with van der Waals surface area (Å²) in [5.74, 6) is 0.0728. The van der Waals surface area contributed by atoms with Crippen LogP contribution < -0.4 is 5.73 Å². The number of aromatic nitrogens is 3. The summed E-state index contributed by atoms with van der Waals surface area (Å²) in [6.45, 7) is 1.26. The summed E-state index contributed by atoms with van der Waals surface area (Å²) in [4.78, 5) is 25.4. The van der Waals surface area contributed by atoms with Crippen LogP contribution in [0.4, 0.5) is 10.2 Å². The molecule has 0 aliphatic carbocycles. The van der Waals surface area contributed by atoms with Crippen LogP contribution in [0.1, 0.15) is 34.8 Å². The SMILES string of the molecule is Nc1nccnc1C(=O)N1CCC(c2c[nH]c3cc(F)ccc23)CC1. The molecule has 0 radical (unpaired) electrons. The van der Waals surface area contributed by atoms with Crippen LogP contribution in [-0.4, -0.2) is 38.8 Å². The molecule has 0 unspecified atom stereocenters. The van der Waals surface area contributed by atoms with Crippen LogP contribution in [0.3, 0.4) is 0 Å². The number of anilines is 1. The summed E-state index contributed by atoms with van der Waals surface area (Å²) in [7, 11) is 0. The maximum atomic E-state index is 13.3. The van der Waals surface area contributed by atoms with Crippen LogP contribution >= 0.6 is 0 Å². The lowest BCUT2D eigenvalue weighted by Gasteiger charge is -2.31. The Morgan fingerprint density at radius 3 is 2.76 bits per heavy atom. The first-order chi connectivity index (χ1) is 12.1. The smallest absolute Gasteiger partial charge is 0.276 e. The van der Waals surface area contributed by atoms with Crippen molar-refractivity contribution < 1.29 is 9.18 Å². The zero-order valence-electron chi connectivity index (χ0n) is 13.6. The highest BCUT2D eigenvalue weighted by atomic mass is 19.1. The number of hydrogen-bond donors (Lipinski definition) is 2. The van der Waals surface area contributed by atoms with E-state index in [1.807, 2.05) is 12.3 Å². The number of nitrogens with zero attached hydrogens (tertiary/aromatic N) is 3. The Morgan fingerprint density at radius 1 is 1.24 bits per heavy atom. The van der Waals surface area contributed by atoms with Crippen molar-refractivity contribution in [1.82, 2.24) is 19.9 Å². The fraction of sp³-hybridized carbons (Fsp3) is 0.278. The van der Waals surface area contributed by atoms with Gasteiger partial charge in [-0.25, -0.2) is 14.4 Å². The average molecular weight is 339 g/mol. The van der Waals surface area contributed by atoms with E-state index < -0.39 is 0 Å². The minimum atomic E-state index is -0.247. The molecule has 1 saturated heterocycles. The molecule has 1 amide bonds. The minimum Gasteiger partial charge on any atom is -0.382 e. The van der Waals surface area contributed by atoms with Crippen LogP contribution in [0.2, 0.25) is 0 Å². The molecule has 1 aromatic carbocycles. The van der Waals surface area contributed by atoms with Gasteiger partial charge in [-0.05, 0) is 42.5 Å². The highest BCUT2D eigenvalue weighted by Gasteiger charge is 2.27. The third kappa shape index (κ3) is 2.82. The third-order valence-corrected chi connectivity index (χ3v) is 4.83. The molecule has 0 bridgehead atoms. The number of nitrogen functional groups attached to an aromatic ring is 1. The quantitative estimate of drug-likeness (QED) is 0.751. The zero-order valence-corrected chi connectivity index (χ0v) is 13.6. The van der Waals surface area contributed by atoms with Gasteiger partial charge in [0.2, 0.25) is 0 Å². The molecule has 1 fully saturated rings. The number of nitrogens with one attached hydrogen (secondary N) is 1. The van der Waals surface area contributed by atoms with Crippen molar-refractivity contribution in [1.29, 1.82) is 0 Å². The van der Waals surface area contributed by atoms with Gasteiger partial charge in [-0.3, -0.25) is 4.79 Å². The summed E-state index contributed by atoms with van der Waals surface area (Å²) in [6.07, 6.45) is 6.58. The van der Waals surface area contributed by atoms with Gasteiger partial charge in [0.1, 0.15) is 5.82 Å². The molecule has 128 valence electrons. The van der Waals surface area contributed by atoms with Gasteiger partial charge in [-0.2, -0.15) is 0 Å². The van der Waals surface area contributed by atoms with Crippen molar-refractivity contribution in [2.75, 3.05) is 18.8 Å². The predicted octanol–water partition coefficient (Wildman–Crippen LogP) is 2.70. The van der Waals surface area contributed by atoms with Crippen molar-refractivity contribution >= 4 is 22.6 Å². The second kappa shape index (κ2) is 6.16. The van der Waals surface area contributed by atoms with Gasteiger partial charge in [0.05, 0.1) is 0 Å². The topological polar surface area (TPSA) is 87.9 Å². The zero-order chi connectivity index (χ0) is 17.4. The Bertz CT molecular complexity index is 930. The standard InChI is InChI=1S/C18H18FN5O/c19-12-1-2-13-14(10-23-15(13)9-12)11-3-7-24(8-4-11)18(25)16-17(20)22-6-5-21-16/h1-2,5-6,9-11,23H,3-4,7-8H2,(H2,20,22). The number of benzene rings is 1. The van der Waals surface area contributed by atoms with Crippen molar-refractivity contribution in [3.05, 3.63) is 53.9 Å². The number of carbonyl (C=O) groups is 1. The lowest BCUT2D eigenvalue weighted by atomic mass is 9.89. The Labute approximate surface area is 143 Å². The summed E-state index contributed by atoms with van der Waals surface area (Å²) >= 11 is 0. The van der Waals surface area contributed by atoms with Crippen molar-refractivity contribution in [3.8, 4) is 0 Å². The Kier molecular flexibility index (Phi) is 3.83. The van der Waals surface area contributed by atoms with E-state index in [4.69, 9.17) is 5.73 Å². The maximum Gasteiger partial charge on any atom is 0.276 e. The number of carbonyl (C=O) groups excluding carboxylic acids is 1. The summed E-state index contributed by atoms with van der Waals surface area (Å²) in [5.41, 5.74) is 7.95. The molecule has 1 aliphatic heterocycles. The summed E-state index contributed by atoms with van der Waals surface area (Å²) in [5, 5.41) is 1.05. The Morgan fingerprint density at radius 2 is 2.00 bits per heavy atom. The molecule has 1 aliphatic rings. The highest BCUT2D eigenvalue weighted by Crippen LogP contribution is 2.33. The summed E-state index contributed by atoms with van der Waals surface area (Å²) < 4.78 is 13.3. The fourth-order valence-corrected chi connectivity index (χ4v) is 3.52. The number of rotatable bonds is 2. The van der Waals surface area contributed by atoms with Crippen LogP contribution in [0, 0.1) is 5.82 Å². The number of hydrogen-bond acceptors (Lipinski definition) is 4. The predicted molar refractivity (Wildman–Crippen MR) is 92.6 cm³/mol. The average Bonchev–Trinajstić information content (AvgIpc) is 3.04. The molecular weight excluding hydrogens is 321 g/mol. The van der Waals surface area contributed by atoms with E-state index in [9.17, 15) is 9.18 Å². The van der Waals surface area contributed by atoms with E-state index in [1.54, 1.807) is 4.90 Å². The lowest BCUT2D eigenvalue weighted by molar-refractivity contribution is 0.0708. The van der Waals surface area contributed by atoms with Gasteiger partial charge in [0, 0.05) is 42.6 Å². The Hall–Kier alpha value is -2.96. The van der Waals surface area contributed by atoms with Gasteiger partial charge in [0.15, 0.2) is 11.5 Å². The van der Waals surface area contributed by atoms with Crippen molar-refractivity contribution in [2.45, 2.75) is 18.8 Å². The minimum absolute atomic E-state index is 0.160. The second-order valence-corrected chi connectivity index (χ2v) is 6.29. The number of amides is 1.